The molecular formula is C21H35IN4O4. The van der Waals surface area contributed by atoms with Crippen molar-refractivity contribution in [3.63, 3.8) is 0 Å². The fraction of sp³-hybridized carbons (Fsp3) is 0.619. The van der Waals surface area contributed by atoms with Gasteiger partial charge in [0, 0.05) is 25.8 Å². The maximum atomic E-state index is 11.9. The predicted molar refractivity (Wildman–Crippen MR) is 129 cm³/mol. The SMILES string of the molecule is CCNC(=NCc1cccc(OC)c1OC1CCCC1)NCC(=O)NCCOC.I. The number of methoxy groups -OCH3 is 2. The van der Waals surface area contributed by atoms with Crippen LogP contribution in [-0.2, 0) is 16.1 Å². The summed E-state index contributed by atoms with van der Waals surface area (Å²) < 4.78 is 16.7. The van der Waals surface area contributed by atoms with Crippen molar-refractivity contribution >= 4 is 35.8 Å². The van der Waals surface area contributed by atoms with Crippen molar-refractivity contribution in [1.82, 2.24) is 16.0 Å². The Morgan fingerprint density at radius 3 is 2.60 bits per heavy atom. The first kappa shape index (κ1) is 26.3. The van der Waals surface area contributed by atoms with Crippen LogP contribution in [0, 0.1) is 0 Å². The van der Waals surface area contributed by atoms with Crippen LogP contribution in [0.4, 0.5) is 0 Å². The van der Waals surface area contributed by atoms with Gasteiger partial charge in [-0.2, -0.15) is 0 Å². The molecule has 0 aliphatic heterocycles. The summed E-state index contributed by atoms with van der Waals surface area (Å²) in [7, 11) is 3.25. The molecular weight excluding hydrogens is 499 g/mol. The Morgan fingerprint density at radius 2 is 1.93 bits per heavy atom. The molecule has 1 aromatic rings. The molecule has 1 amide bonds. The zero-order valence-corrected chi connectivity index (χ0v) is 20.5. The van der Waals surface area contributed by atoms with Gasteiger partial charge in [-0.15, -0.1) is 24.0 Å². The lowest BCUT2D eigenvalue weighted by molar-refractivity contribution is -0.120. The highest BCUT2D eigenvalue weighted by atomic mass is 127. The van der Waals surface area contributed by atoms with Crippen LogP contribution >= 0.6 is 24.0 Å². The summed E-state index contributed by atoms with van der Waals surface area (Å²) in [6, 6.07) is 5.84. The van der Waals surface area contributed by atoms with Gasteiger partial charge in [-0.05, 0) is 38.7 Å². The fourth-order valence-corrected chi connectivity index (χ4v) is 3.18. The summed E-state index contributed by atoms with van der Waals surface area (Å²) in [6.07, 6.45) is 4.78. The quantitative estimate of drug-likeness (QED) is 0.175. The number of nitrogens with zero attached hydrogens (tertiary/aromatic N) is 1. The Bertz CT molecular complexity index is 666. The van der Waals surface area contributed by atoms with Crippen LogP contribution in [0.2, 0.25) is 0 Å². The third kappa shape index (κ3) is 8.95. The van der Waals surface area contributed by atoms with Crippen molar-refractivity contribution < 1.29 is 19.0 Å². The topological polar surface area (TPSA) is 93.2 Å². The van der Waals surface area contributed by atoms with Gasteiger partial charge >= 0.3 is 0 Å². The van der Waals surface area contributed by atoms with Crippen LogP contribution in [0.3, 0.4) is 0 Å². The molecule has 1 aromatic carbocycles. The lowest BCUT2D eigenvalue weighted by Gasteiger charge is -2.19. The summed E-state index contributed by atoms with van der Waals surface area (Å²) in [5, 5.41) is 8.99. The molecule has 1 aliphatic rings. The normalized spacial score (nSPS) is 14.0. The van der Waals surface area contributed by atoms with E-state index in [4.69, 9.17) is 14.2 Å². The number of amides is 1. The van der Waals surface area contributed by atoms with Crippen LogP contribution in [0.15, 0.2) is 23.2 Å². The largest absolute Gasteiger partial charge is 0.493 e. The predicted octanol–water partition coefficient (Wildman–Crippen LogP) is 2.45. The van der Waals surface area contributed by atoms with Crippen LogP contribution in [0.5, 0.6) is 11.5 Å². The minimum atomic E-state index is -0.112. The number of aliphatic imine (C=N–C) groups is 1. The molecule has 170 valence electrons. The molecule has 2 rings (SSSR count). The van der Waals surface area contributed by atoms with E-state index in [1.54, 1.807) is 14.2 Å². The van der Waals surface area contributed by atoms with E-state index in [0.29, 0.717) is 32.2 Å². The molecule has 3 N–H and O–H groups in total. The molecule has 8 nitrogen and oxygen atoms in total. The first-order valence-electron chi connectivity index (χ1n) is 10.3. The van der Waals surface area contributed by atoms with E-state index in [1.165, 1.54) is 12.8 Å². The van der Waals surface area contributed by atoms with E-state index in [1.807, 2.05) is 25.1 Å². The highest BCUT2D eigenvalue weighted by Crippen LogP contribution is 2.35. The van der Waals surface area contributed by atoms with Gasteiger partial charge in [-0.3, -0.25) is 4.79 Å². The van der Waals surface area contributed by atoms with Crippen molar-refractivity contribution in [3.05, 3.63) is 23.8 Å². The van der Waals surface area contributed by atoms with Gasteiger partial charge in [0.05, 0.1) is 32.9 Å². The number of carbonyl (C=O) groups is 1. The molecule has 0 spiro atoms. The molecule has 0 atom stereocenters. The third-order valence-corrected chi connectivity index (χ3v) is 4.66. The van der Waals surface area contributed by atoms with Gasteiger partial charge < -0.3 is 30.2 Å². The number of halogens is 1. The minimum absolute atomic E-state index is 0. The van der Waals surface area contributed by atoms with Crippen LogP contribution < -0.4 is 25.4 Å². The summed E-state index contributed by atoms with van der Waals surface area (Å²) in [5.74, 6) is 1.95. The maximum absolute atomic E-state index is 11.9. The van der Waals surface area contributed by atoms with E-state index >= 15 is 0 Å². The summed E-state index contributed by atoms with van der Waals surface area (Å²) in [5.41, 5.74) is 0.956. The van der Waals surface area contributed by atoms with Gasteiger partial charge in [0.1, 0.15) is 0 Å². The third-order valence-electron chi connectivity index (χ3n) is 4.66. The summed E-state index contributed by atoms with van der Waals surface area (Å²) in [6.45, 7) is 4.20. The van der Waals surface area contributed by atoms with Crippen molar-refractivity contribution in [2.45, 2.75) is 45.3 Å². The molecule has 1 aliphatic carbocycles. The Morgan fingerprint density at radius 1 is 1.17 bits per heavy atom. The molecule has 0 radical (unpaired) electrons. The fourth-order valence-electron chi connectivity index (χ4n) is 3.18. The number of guanidine groups is 1. The van der Waals surface area contributed by atoms with Crippen LogP contribution in [0.1, 0.15) is 38.2 Å². The lowest BCUT2D eigenvalue weighted by atomic mass is 10.1. The Hall–Kier alpha value is -1.75. The molecule has 1 fully saturated rings. The second kappa shape index (κ2) is 15.1. The second-order valence-corrected chi connectivity index (χ2v) is 6.86. The zero-order valence-electron chi connectivity index (χ0n) is 18.2. The Labute approximate surface area is 196 Å². The van der Waals surface area contributed by atoms with E-state index < -0.39 is 0 Å². The Kier molecular flexibility index (Phi) is 13.2. The van der Waals surface area contributed by atoms with Gasteiger partial charge in [-0.1, -0.05) is 12.1 Å². The van der Waals surface area contributed by atoms with E-state index in [-0.39, 0.29) is 42.5 Å². The van der Waals surface area contributed by atoms with Crippen LogP contribution in [0.25, 0.3) is 0 Å². The average molecular weight is 534 g/mol. The number of carbonyl (C=O) groups excluding carboxylic acids is 1. The lowest BCUT2D eigenvalue weighted by Crippen LogP contribution is -2.43. The minimum Gasteiger partial charge on any atom is -0.493 e. The van der Waals surface area contributed by atoms with E-state index in [2.05, 4.69) is 20.9 Å². The smallest absolute Gasteiger partial charge is 0.239 e. The standard InChI is InChI=1S/C21H34N4O4.HI/c1-4-22-21(25-15-19(26)23-12-13-27-2)24-14-16-8-7-11-18(28-3)20(16)29-17-9-5-6-10-17;/h7-8,11,17H,4-6,9-10,12-15H2,1-3H3,(H,23,26)(H2,22,24,25);1H. The zero-order chi connectivity index (χ0) is 20.9. The number of ether oxygens (including phenoxy) is 3. The molecule has 0 saturated heterocycles. The number of rotatable bonds is 11. The molecule has 0 unspecified atom stereocenters. The maximum Gasteiger partial charge on any atom is 0.239 e. The summed E-state index contributed by atoms with van der Waals surface area (Å²) >= 11 is 0. The van der Waals surface area contributed by atoms with Gasteiger partial charge in [0.2, 0.25) is 5.91 Å². The molecule has 0 heterocycles. The van der Waals surface area contributed by atoms with E-state index in [9.17, 15) is 4.79 Å². The molecule has 30 heavy (non-hydrogen) atoms. The number of hydrogen-bond acceptors (Lipinski definition) is 5. The first-order chi connectivity index (χ1) is 14.2. The first-order valence-corrected chi connectivity index (χ1v) is 10.3. The molecule has 0 bridgehead atoms. The number of benzene rings is 1. The molecule has 0 aromatic heterocycles. The number of hydrogen-bond donors (Lipinski definition) is 3. The van der Waals surface area contributed by atoms with Crippen molar-refractivity contribution in [3.8, 4) is 11.5 Å². The van der Waals surface area contributed by atoms with E-state index in [0.717, 1.165) is 29.9 Å². The molecule has 9 heteroatoms. The van der Waals surface area contributed by atoms with Crippen LogP contribution in [-0.4, -0.2) is 58.4 Å². The molecule has 1 saturated carbocycles. The van der Waals surface area contributed by atoms with Gasteiger partial charge in [0.15, 0.2) is 17.5 Å². The Balaban J connectivity index is 0.00000450. The van der Waals surface area contributed by atoms with Crippen molar-refractivity contribution in [2.24, 2.45) is 4.99 Å². The van der Waals surface area contributed by atoms with Gasteiger partial charge in [-0.25, -0.2) is 4.99 Å². The van der Waals surface area contributed by atoms with Gasteiger partial charge in [0.25, 0.3) is 0 Å². The highest BCUT2D eigenvalue weighted by Gasteiger charge is 2.20. The monoisotopic (exact) mass is 534 g/mol. The van der Waals surface area contributed by atoms with Crippen molar-refractivity contribution in [1.29, 1.82) is 0 Å². The highest BCUT2D eigenvalue weighted by molar-refractivity contribution is 14.0. The second-order valence-electron chi connectivity index (χ2n) is 6.86. The van der Waals surface area contributed by atoms with Crippen molar-refractivity contribution in [2.75, 3.05) is 40.5 Å². The number of para-hydroxylation sites is 1. The average Bonchev–Trinajstić information content (AvgIpc) is 3.24. The number of nitrogens with one attached hydrogen (secondary N) is 3. The summed E-state index contributed by atoms with van der Waals surface area (Å²) in [4.78, 5) is 16.5.